The predicted octanol–water partition coefficient (Wildman–Crippen LogP) is 4.64. The third kappa shape index (κ3) is 2.55. The molecule has 160 valence electrons. The molecule has 0 saturated carbocycles. The predicted molar refractivity (Wildman–Crippen MR) is 113 cm³/mol. The summed E-state index contributed by atoms with van der Waals surface area (Å²) in [5, 5.41) is 9.32. The third-order valence-electron chi connectivity index (χ3n) is 6.03. The second kappa shape index (κ2) is 6.78. The van der Waals surface area contributed by atoms with Crippen LogP contribution in [0.3, 0.4) is 0 Å². The van der Waals surface area contributed by atoms with Crippen LogP contribution < -0.4 is 14.8 Å². The second-order valence-corrected chi connectivity index (χ2v) is 7.77. The number of rotatable bonds is 3. The van der Waals surface area contributed by atoms with Crippen LogP contribution >= 0.6 is 0 Å². The Morgan fingerprint density at radius 3 is 2.69 bits per heavy atom. The van der Waals surface area contributed by atoms with E-state index in [0.717, 1.165) is 5.56 Å². The fraction of sp³-hybridized carbons (Fsp3) is 0.167. The number of alkyl halides is 2. The van der Waals surface area contributed by atoms with Gasteiger partial charge in [-0.3, -0.25) is 4.79 Å². The van der Waals surface area contributed by atoms with Crippen LogP contribution in [0.5, 0.6) is 11.5 Å². The van der Waals surface area contributed by atoms with Crippen molar-refractivity contribution in [2.45, 2.75) is 24.8 Å². The molecule has 3 aliphatic heterocycles. The molecule has 8 heteroatoms. The zero-order valence-electron chi connectivity index (χ0n) is 16.7. The van der Waals surface area contributed by atoms with Gasteiger partial charge in [0.2, 0.25) is 0 Å². The lowest BCUT2D eigenvalue weighted by molar-refractivity contribution is -0.161. The zero-order valence-corrected chi connectivity index (χ0v) is 16.7. The van der Waals surface area contributed by atoms with Gasteiger partial charge in [-0.25, -0.2) is 5.01 Å². The van der Waals surface area contributed by atoms with E-state index in [9.17, 15) is 13.6 Å². The molecule has 6 rings (SSSR count). The first-order valence-electron chi connectivity index (χ1n) is 10.2. The second-order valence-electron chi connectivity index (χ2n) is 7.77. The molecule has 0 bridgehead atoms. The summed E-state index contributed by atoms with van der Waals surface area (Å²) in [6.45, 7) is -2.95. The van der Waals surface area contributed by atoms with Crippen LogP contribution in [0, 0.1) is 0 Å². The van der Waals surface area contributed by atoms with Crippen LogP contribution in [0.1, 0.15) is 29.2 Å². The van der Waals surface area contributed by atoms with Crippen LogP contribution in [-0.2, 0) is 10.5 Å². The molecule has 1 spiro atoms. The van der Waals surface area contributed by atoms with Crippen LogP contribution in [0.25, 0.3) is 0 Å². The maximum absolute atomic E-state index is 13.3. The first-order chi connectivity index (χ1) is 15.6. The van der Waals surface area contributed by atoms with E-state index in [-0.39, 0.29) is 17.7 Å². The standard InChI is InChI=1S/C24H17F2N3O3/c25-23(26)31-20-11-5-1-7-14(20)18-13-19-15-8-2-6-12-21(15)32-24(29(19)28-18)16-9-3-4-10-17(16)27-22(24)30/h1-12,19,23H,13H2,(H,27,30)/t19-,24+/m1/s1. The minimum absolute atomic E-state index is 0.0422. The topological polar surface area (TPSA) is 63.2 Å². The van der Waals surface area contributed by atoms with Crippen molar-refractivity contribution >= 4 is 17.3 Å². The molecular weight excluding hydrogens is 416 g/mol. The van der Waals surface area contributed by atoms with Crippen LogP contribution in [0.4, 0.5) is 14.5 Å². The van der Waals surface area contributed by atoms with Gasteiger partial charge in [0.1, 0.15) is 11.5 Å². The first kappa shape index (κ1) is 18.8. The van der Waals surface area contributed by atoms with Crippen LogP contribution in [0.2, 0.25) is 0 Å². The van der Waals surface area contributed by atoms with Gasteiger partial charge in [0.15, 0.2) is 0 Å². The zero-order chi connectivity index (χ0) is 21.9. The molecule has 0 fully saturated rings. The van der Waals surface area contributed by atoms with Crippen LogP contribution in [0.15, 0.2) is 77.9 Å². The van der Waals surface area contributed by atoms with E-state index in [1.54, 1.807) is 23.2 Å². The molecule has 3 heterocycles. The Morgan fingerprint density at radius 1 is 1.06 bits per heavy atom. The van der Waals surface area contributed by atoms with Gasteiger partial charge >= 0.3 is 12.3 Å². The number of anilines is 1. The van der Waals surface area contributed by atoms with Crippen molar-refractivity contribution < 1.29 is 23.0 Å². The highest BCUT2D eigenvalue weighted by atomic mass is 19.3. The smallest absolute Gasteiger partial charge is 0.387 e. The average Bonchev–Trinajstić information content (AvgIpc) is 3.35. The lowest BCUT2D eigenvalue weighted by Gasteiger charge is -2.43. The third-order valence-corrected chi connectivity index (χ3v) is 6.03. The normalized spacial score (nSPS) is 22.7. The Hall–Kier alpha value is -3.94. The van der Waals surface area contributed by atoms with Gasteiger partial charge in [0, 0.05) is 17.5 Å². The van der Waals surface area contributed by atoms with Gasteiger partial charge in [0.25, 0.3) is 5.91 Å². The number of fused-ring (bicyclic) bond motifs is 6. The lowest BCUT2D eigenvalue weighted by Crippen LogP contribution is -2.55. The molecule has 0 aliphatic carbocycles. The van der Waals surface area contributed by atoms with Crippen molar-refractivity contribution in [2.24, 2.45) is 5.10 Å². The SMILES string of the molecule is O=C1Nc2ccccc2[C@]12Oc1ccccc1[C@H]1CC(c3ccccc3OC(F)F)=NN12. The largest absolute Gasteiger partial charge is 0.453 e. The number of para-hydroxylation sites is 3. The number of carbonyl (C=O) groups is 1. The Labute approximate surface area is 182 Å². The van der Waals surface area contributed by atoms with Crippen molar-refractivity contribution in [3.05, 3.63) is 89.5 Å². The Bertz CT molecular complexity index is 1280. The van der Waals surface area contributed by atoms with E-state index in [1.807, 2.05) is 48.5 Å². The number of amides is 1. The summed E-state index contributed by atoms with van der Waals surface area (Å²) in [5.74, 6) is 0.287. The summed E-state index contributed by atoms with van der Waals surface area (Å²) in [4.78, 5) is 13.3. The molecule has 0 unspecified atom stereocenters. The molecule has 6 nitrogen and oxygen atoms in total. The van der Waals surface area contributed by atoms with Crippen molar-refractivity contribution in [3.63, 3.8) is 0 Å². The van der Waals surface area contributed by atoms with Gasteiger partial charge < -0.3 is 14.8 Å². The Balaban J connectivity index is 1.54. The molecule has 3 aromatic rings. The minimum atomic E-state index is -2.95. The molecular formula is C24H17F2N3O3. The molecule has 3 aliphatic rings. The monoisotopic (exact) mass is 433 g/mol. The van der Waals surface area contributed by atoms with Crippen molar-refractivity contribution in [2.75, 3.05) is 5.32 Å². The quantitative estimate of drug-likeness (QED) is 0.654. The number of ether oxygens (including phenoxy) is 2. The number of carbonyl (C=O) groups excluding carboxylic acids is 1. The molecule has 3 aromatic carbocycles. The Kier molecular flexibility index (Phi) is 3.98. The van der Waals surface area contributed by atoms with Crippen molar-refractivity contribution in [1.82, 2.24) is 5.01 Å². The molecule has 1 N–H and O–H groups in total. The summed E-state index contributed by atoms with van der Waals surface area (Å²) in [6, 6.07) is 21.1. The fourth-order valence-corrected chi connectivity index (χ4v) is 4.71. The number of hydrazone groups is 1. The highest BCUT2D eigenvalue weighted by molar-refractivity contribution is 6.07. The summed E-state index contributed by atoms with van der Waals surface area (Å²) in [7, 11) is 0. The van der Waals surface area contributed by atoms with Gasteiger partial charge in [-0.05, 0) is 24.3 Å². The number of nitrogens with one attached hydrogen (secondary N) is 1. The van der Waals surface area contributed by atoms with Gasteiger partial charge in [0.05, 0.1) is 23.0 Å². The van der Waals surface area contributed by atoms with Crippen molar-refractivity contribution in [1.29, 1.82) is 0 Å². The van der Waals surface area contributed by atoms with Crippen LogP contribution in [-0.4, -0.2) is 23.2 Å². The molecule has 0 saturated heterocycles. The fourth-order valence-electron chi connectivity index (χ4n) is 4.71. The summed E-state index contributed by atoms with van der Waals surface area (Å²) < 4.78 is 37.1. The van der Waals surface area contributed by atoms with E-state index < -0.39 is 12.3 Å². The molecule has 0 aromatic heterocycles. The highest BCUT2D eigenvalue weighted by Gasteiger charge is 2.60. The number of nitrogens with zero attached hydrogens (tertiary/aromatic N) is 2. The minimum Gasteiger partial charge on any atom is -0.453 e. The maximum Gasteiger partial charge on any atom is 0.387 e. The van der Waals surface area contributed by atoms with Gasteiger partial charge in [-0.1, -0.05) is 48.5 Å². The maximum atomic E-state index is 13.3. The van der Waals surface area contributed by atoms with Gasteiger partial charge in [-0.2, -0.15) is 13.9 Å². The molecule has 0 radical (unpaired) electrons. The highest BCUT2D eigenvalue weighted by Crippen LogP contribution is 2.54. The first-order valence-corrected chi connectivity index (χ1v) is 10.2. The lowest BCUT2D eigenvalue weighted by atomic mass is 9.92. The van der Waals surface area contributed by atoms with E-state index in [0.29, 0.717) is 34.7 Å². The average molecular weight is 433 g/mol. The molecule has 2 atom stereocenters. The van der Waals surface area contributed by atoms with E-state index in [4.69, 9.17) is 14.6 Å². The number of halogens is 2. The van der Waals surface area contributed by atoms with Crippen molar-refractivity contribution in [3.8, 4) is 11.5 Å². The molecule has 1 amide bonds. The van der Waals surface area contributed by atoms with Gasteiger partial charge in [-0.15, -0.1) is 0 Å². The van der Waals surface area contributed by atoms with E-state index >= 15 is 0 Å². The van der Waals surface area contributed by atoms with E-state index in [2.05, 4.69) is 5.32 Å². The summed E-state index contributed by atoms with van der Waals surface area (Å²) in [6.07, 6.45) is 0.404. The number of benzene rings is 3. The summed E-state index contributed by atoms with van der Waals surface area (Å²) >= 11 is 0. The summed E-state index contributed by atoms with van der Waals surface area (Å²) in [5.41, 5.74) is 1.70. The Morgan fingerprint density at radius 2 is 1.81 bits per heavy atom. The van der Waals surface area contributed by atoms with E-state index in [1.165, 1.54) is 6.07 Å². The number of hydrogen-bond acceptors (Lipinski definition) is 5. The molecule has 32 heavy (non-hydrogen) atoms. The number of hydrogen-bond donors (Lipinski definition) is 1.